The van der Waals surface area contributed by atoms with Crippen LogP contribution in [-0.4, -0.2) is 22.9 Å². The number of benzene rings is 2. The van der Waals surface area contributed by atoms with Crippen LogP contribution < -0.4 is 4.74 Å². The Balaban J connectivity index is 0.00000158. The molecule has 0 saturated carbocycles. The number of hydrogen-bond acceptors (Lipinski definition) is 4. The van der Waals surface area contributed by atoms with Crippen LogP contribution in [0.25, 0.3) is 0 Å². The van der Waals surface area contributed by atoms with E-state index in [1.807, 2.05) is 50.4 Å². The van der Waals surface area contributed by atoms with E-state index in [1.165, 1.54) is 36.6 Å². The molecule has 3 aromatic rings. The molecule has 4 rings (SSSR count). The molecule has 5 nitrogen and oxygen atoms in total. The minimum absolute atomic E-state index is 0.209. The van der Waals surface area contributed by atoms with Crippen LogP contribution in [0.2, 0.25) is 0 Å². The number of esters is 1. The summed E-state index contributed by atoms with van der Waals surface area (Å²) in [6, 6.07) is 16.3. The lowest BCUT2D eigenvalue weighted by Crippen LogP contribution is -2.25. The molecule has 0 spiro atoms. The standard InChI is InChI=1S/C27H32N2O3.C2H6/c1-19-12-13-27(2,3)24-16-20(6-11-23(19)24)18-32-22-9-7-21(8-10-22)25(17-26(30)31-4)29-15-5-14-28-29;1-2/h5-11,14-16,19,25H,12-13,17-18H2,1-4H3;1-2H3. The molecule has 0 bridgehead atoms. The maximum atomic E-state index is 11.9. The van der Waals surface area contributed by atoms with Crippen molar-refractivity contribution in [1.82, 2.24) is 9.78 Å². The van der Waals surface area contributed by atoms with Gasteiger partial charge in [0.05, 0.1) is 19.6 Å². The van der Waals surface area contributed by atoms with E-state index < -0.39 is 0 Å². The summed E-state index contributed by atoms with van der Waals surface area (Å²) in [5, 5.41) is 4.31. The average molecular weight is 463 g/mol. The van der Waals surface area contributed by atoms with E-state index >= 15 is 0 Å². The topological polar surface area (TPSA) is 53.4 Å². The van der Waals surface area contributed by atoms with Crippen LogP contribution in [0.15, 0.2) is 60.9 Å². The van der Waals surface area contributed by atoms with Crippen molar-refractivity contribution in [2.75, 3.05) is 7.11 Å². The molecule has 2 unspecified atom stereocenters. The zero-order valence-corrected chi connectivity index (χ0v) is 21.4. The van der Waals surface area contributed by atoms with Gasteiger partial charge in [0.25, 0.3) is 0 Å². The molecule has 34 heavy (non-hydrogen) atoms. The normalized spacial score (nSPS) is 17.1. The highest BCUT2D eigenvalue weighted by Gasteiger charge is 2.30. The first kappa shape index (κ1) is 25.5. The number of hydrogen-bond donors (Lipinski definition) is 0. The first-order valence-electron chi connectivity index (χ1n) is 12.3. The zero-order chi connectivity index (χ0) is 24.7. The Bertz CT molecular complexity index is 1060. The maximum Gasteiger partial charge on any atom is 0.308 e. The van der Waals surface area contributed by atoms with Crippen molar-refractivity contribution in [3.8, 4) is 5.75 Å². The van der Waals surface area contributed by atoms with E-state index in [0.29, 0.717) is 12.5 Å². The lowest BCUT2D eigenvalue weighted by molar-refractivity contribution is -0.141. The highest BCUT2D eigenvalue weighted by Crippen LogP contribution is 2.42. The molecule has 0 radical (unpaired) electrons. The molecular formula is C29H38N2O3. The smallest absolute Gasteiger partial charge is 0.308 e. The lowest BCUT2D eigenvalue weighted by atomic mass is 9.69. The average Bonchev–Trinajstić information content (AvgIpc) is 3.40. The summed E-state index contributed by atoms with van der Waals surface area (Å²) >= 11 is 0. The minimum Gasteiger partial charge on any atom is -0.489 e. The number of fused-ring (bicyclic) bond motifs is 1. The Labute approximate surface area is 204 Å². The van der Waals surface area contributed by atoms with Gasteiger partial charge in [-0.3, -0.25) is 9.48 Å². The molecule has 1 aliphatic rings. The number of carbonyl (C=O) groups excluding carboxylic acids is 1. The van der Waals surface area contributed by atoms with E-state index in [-0.39, 0.29) is 23.8 Å². The predicted octanol–water partition coefficient (Wildman–Crippen LogP) is 6.82. The fourth-order valence-corrected chi connectivity index (χ4v) is 4.60. The molecule has 182 valence electrons. The number of rotatable bonds is 7. The predicted molar refractivity (Wildman–Crippen MR) is 136 cm³/mol. The summed E-state index contributed by atoms with van der Waals surface area (Å²) in [5.41, 5.74) is 5.31. The number of aromatic nitrogens is 2. The summed E-state index contributed by atoms with van der Waals surface area (Å²) in [4.78, 5) is 11.9. The molecule has 1 heterocycles. The van der Waals surface area contributed by atoms with Crippen LogP contribution in [0.5, 0.6) is 5.75 Å². The molecule has 5 heteroatoms. The molecule has 1 aliphatic carbocycles. The van der Waals surface area contributed by atoms with Crippen LogP contribution in [0.3, 0.4) is 0 Å². The third-order valence-electron chi connectivity index (χ3n) is 6.68. The minimum atomic E-state index is -0.268. The highest BCUT2D eigenvalue weighted by molar-refractivity contribution is 5.70. The number of ether oxygens (including phenoxy) is 2. The fourth-order valence-electron chi connectivity index (χ4n) is 4.60. The van der Waals surface area contributed by atoms with Crippen molar-refractivity contribution < 1.29 is 14.3 Å². The second-order valence-electron chi connectivity index (χ2n) is 9.39. The second kappa shape index (κ2) is 11.4. The molecule has 1 aromatic heterocycles. The molecule has 0 aliphatic heterocycles. The van der Waals surface area contributed by atoms with Crippen molar-refractivity contribution >= 4 is 5.97 Å². The van der Waals surface area contributed by atoms with Crippen molar-refractivity contribution in [2.45, 2.75) is 77.9 Å². The van der Waals surface area contributed by atoms with Crippen LogP contribution in [0, 0.1) is 0 Å². The molecule has 2 aromatic carbocycles. The van der Waals surface area contributed by atoms with E-state index in [1.54, 1.807) is 10.9 Å². The first-order valence-corrected chi connectivity index (χ1v) is 12.3. The van der Waals surface area contributed by atoms with E-state index in [0.717, 1.165) is 11.3 Å². The van der Waals surface area contributed by atoms with Gasteiger partial charge < -0.3 is 9.47 Å². The van der Waals surface area contributed by atoms with Crippen LogP contribution >= 0.6 is 0 Å². The Morgan fingerprint density at radius 1 is 1.18 bits per heavy atom. The zero-order valence-electron chi connectivity index (χ0n) is 21.4. The van der Waals surface area contributed by atoms with Gasteiger partial charge in [0.1, 0.15) is 12.4 Å². The number of methoxy groups -OCH3 is 1. The largest absolute Gasteiger partial charge is 0.489 e. The van der Waals surface area contributed by atoms with Gasteiger partial charge in [-0.05, 0) is 64.6 Å². The van der Waals surface area contributed by atoms with Crippen molar-refractivity contribution in [2.24, 2.45) is 0 Å². The third kappa shape index (κ3) is 5.88. The van der Waals surface area contributed by atoms with Crippen LogP contribution in [0.1, 0.15) is 88.1 Å². The van der Waals surface area contributed by atoms with Crippen LogP contribution in [0.4, 0.5) is 0 Å². The second-order valence-corrected chi connectivity index (χ2v) is 9.39. The molecule has 0 amide bonds. The van der Waals surface area contributed by atoms with Crippen molar-refractivity contribution in [3.05, 3.63) is 83.2 Å². The molecule has 0 N–H and O–H groups in total. The van der Waals surface area contributed by atoms with Gasteiger partial charge in [0.2, 0.25) is 0 Å². The monoisotopic (exact) mass is 462 g/mol. The van der Waals surface area contributed by atoms with E-state index in [9.17, 15) is 4.79 Å². The van der Waals surface area contributed by atoms with Gasteiger partial charge in [-0.2, -0.15) is 5.10 Å². The van der Waals surface area contributed by atoms with Crippen molar-refractivity contribution in [3.63, 3.8) is 0 Å². The molecule has 0 saturated heterocycles. The van der Waals surface area contributed by atoms with Crippen LogP contribution in [-0.2, 0) is 21.6 Å². The number of carbonyl (C=O) groups is 1. The van der Waals surface area contributed by atoms with Crippen molar-refractivity contribution in [1.29, 1.82) is 0 Å². The highest BCUT2D eigenvalue weighted by atomic mass is 16.5. The maximum absolute atomic E-state index is 11.9. The Hall–Kier alpha value is -3.08. The van der Waals surface area contributed by atoms with Gasteiger partial charge in [0.15, 0.2) is 0 Å². The fraction of sp³-hybridized carbons (Fsp3) is 0.448. The van der Waals surface area contributed by atoms with Gasteiger partial charge in [-0.25, -0.2) is 0 Å². The summed E-state index contributed by atoms with van der Waals surface area (Å²) in [5.74, 6) is 1.15. The quantitative estimate of drug-likeness (QED) is 0.362. The van der Waals surface area contributed by atoms with E-state index in [2.05, 4.69) is 44.1 Å². The summed E-state index contributed by atoms with van der Waals surface area (Å²) in [6.45, 7) is 11.5. The Kier molecular flexibility index (Phi) is 8.54. The van der Waals surface area contributed by atoms with E-state index in [4.69, 9.17) is 9.47 Å². The Morgan fingerprint density at radius 2 is 1.91 bits per heavy atom. The molecular weight excluding hydrogens is 424 g/mol. The van der Waals surface area contributed by atoms with Gasteiger partial charge in [0, 0.05) is 12.4 Å². The first-order chi connectivity index (χ1) is 16.4. The lowest BCUT2D eigenvalue weighted by Gasteiger charge is -2.36. The number of nitrogens with zero attached hydrogens (tertiary/aromatic N) is 2. The molecule has 0 fully saturated rings. The Morgan fingerprint density at radius 3 is 2.56 bits per heavy atom. The van der Waals surface area contributed by atoms with Gasteiger partial charge >= 0.3 is 5.97 Å². The summed E-state index contributed by atoms with van der Waals surface area (Å²) in [6.07, 6.45) is 6.26. The van der Waals surface area contributed by atoms with Gasteiger partial charge in [-0.15, -0.1) is 0 Å². The summed E-state index contributed by atoms with van der Waals surface area (Å²) in [7, 11) is 1.40. The molecule has 2 atom stereocenters. The third-order valence-corrected chi connectivity index (χ3v) is 6.68. The SMILES string of the molecule is CC.COC(=O)CC(c1ccc(OCc2ccc3c(c2)C(C)(C)CCC3C)cc1)n1cccn1. The summed E-state index contributed by atoms with van der Waals surface area (Å²) < 4.78 is 12.7. The van der Waals surface area contributed by atoms with Gasteiger partial charge in [-0.1, -0.05) is 65.0 Å².